The van der Waals surface area contributed by atoms with Gasteiger partial charge in [0.05, 0.1) is 5.70 Å². The van der Waals surface area contributed by atoms with E-state index in [1.54, 1.807) is 0 Å². The topological polar surface area (TPSA) is 21.3 Å². The highest BCUT2D eigenvalue weighted by Gasteiger charge is 2.04. The molecule has 2 nitrogen and oxygen atoms in total. The summed E-state index contributed by atoms with van der Waals surface area (Å²) >= 11 is 0. The van der Waals surface area contributed by atoms with Gasteiger partial charge in [-0.15, -0.1) is 0 Å². The SMILES string of the molecule is C/C=C\C1=C(C)NCCO1. The molecule has 10 heavy (non-hydrogen) atoms. The fraction of sp³-hybridized carbons (Fsp3) is 0.500. The summed E-state index contributed by atoms with van der Waals surface area (Å²) in [7, 11) is 0. The van der Waals surface area contributed by atoms with Crippen LogP contribution >= 0.6 is 0 Å². The summed E-state index contributed by atoms with van der Waals surface area (Å²) in [6.45, 7) is 5.70. The summed E-state index contributed by atoms with van der Waals surface area (Å²) in [4.78, 5) is 0. The molecule has 0 unspecified atom stereocenters. The van der Waals surface area contributed by atoms with Crippen LogP contribution in [0.5, 0.6) is 0 Å². The molecule has 0 bridgehead atoms. The van der Waals surface area contributed by atoms with Crippen molar-refractivity contribution in [2.24, 2.45) is 0 Å². The van der Waals surface area contributed by atoms with Crippen LogP contribution in [0.25, 0.3) is 0 Å². The van der Waals surface area contributed by atoms with E-state index in [2.05, 4.69) is 5.32 Å². The largest absolute Gasteiger partial charge is 0.490 e. The van der Waals surface area contributed by atoms with Crippen LogP contribution < -0.4 is 5.32 Å². The molecule has 0 fully saturated rings. The molecule has 0 radical (unpaired) electrons. The normalized spacial score (nSPS) is 19.0. The van der Waals surface area contributed by atoms with E-state index >= 15 is 0 Å². The van der Waals surface area contributed by atoms with Gasteiger partial charge in [-0.2, -0.15) is 0 Å². The number of nitrogens with one attached hydrogen (secondary N) is 1. The molecule has 0 aromatic carbocycles. The first-order chi connectivity index (χ1) is 4.84. The van der Waals surface area contributed by atoms with Crippen molar-refractivity contribution in [1.82, 2.24) is 5.32 Å². The van der Waals surface area contributed by atoms with Gasteiger partial charge in [-0.05, 0) is 19.9 Å². The third kappa shape index (κ3) is 1.53. The van der Waals surface area contributed by atoms with Crippen molar-refractivity contribution in [3.05, 3.63) is 23.6 Å². The Kier molecular flexibility index (Phi) is 2.37. The third-order valence-corrected chi connectivity index (χ3v) is 1.44. The standard InChI is InChI=1S/C8H13NO/c1-3-4-8-7(2)9-5-6-10-8/h3-4,9H,5-6H2,1-2H3/b4-3-. The van der Waals surface area contributed by atoms with E-state index in [4.69, 9.17) is 4.74 Å². The highest BCUT2D eigenvalue weighted by atomic mass is 16.5. The first kappa shape index (κ1) is 7.19. The minimum absolute atomic E-state index is 0.775. The molecule has 1 heterocycles. The van der Waals surface area contributed by atoms with Gasteiger partial charge in [0.15, 0.2) is 0 Å². The molecular formula is C8H13NO. The summed E-state index contributed by atoms with van der Waals surface area (Å²) in [5.74, 6) is 0.966. The predicted octanol–water partition coefficient (Wildman–Crippen LogP) is 1.41. The Labute approximate surface area is 61.6 Å². The predicted molar refractivity (Wildman–Crippen MR) is 41.5 cm³/mol. The number of ether oxygens (including phenoxy) is 1. The molecule has 0 saturated heterocycles. The van der Waals surface area contributed by atoms with E-state index in [1.165, 1.54) is 0 Å². The van der Waals surface area contributed by atoms with E-state index < -0.39 is 0 Å². The van der Waals surface area contributed by atoms with Crippen LogP contribution in [0.2, 0.25) is 0 Å². The van der Waals surface area contributed by atoms with Crippen molar-refractivity contribution in [2.75, 3.05) is 13.2 Å². The van der Waals surface area contributed by atoms with Crippen molar-refractivity contribution < 1.29 is 4.74 Å². The molecular weight excluding hydrogens is 126 g/mol. The molecule has 0 aromatic rings. The number of rotatable bonds is 1. The number of hydrogen-bond donors (Lipinski definition) is 1. The Morgan fingerprint density at radius 2 is 2.40 bits per heavy atom. The fourth-order valence-electron chi connectivity index (χ4n) is 0.919. The number of allylic oxidation sites excluding steroid dienone is 3. The Bertz CT molecular complexity index is 170. The second-order valence-electron chi connectivity index (χ2n) is 2.26. The Hall–Kier alpha value is -0.920. The summed E-state index contributed by atoms with van der Waals surface area (Å²) in [6, 6.07) is 0. The summed E-state index contributed by atoms with van der Waals surface area (Å²) in [5.41, 5.74) is 1.13. The van der Waals surface area contributed by atoms with Crippen LogP contribution in [0.4, 0.5) is 0 Å². The lowest BCUT2D eigenvalue weighted by atomic mass is 10.3. The van der Waals surface area contributed by atoms with Gasteiger partial charge in [0, 0.05) is 6.54 Å². The van der Waals surface area contributed by atoms with Crippen molar-refractivity contribution in [3.8, 4) is 0 Å². The van der Waals surface area contributed by atoms with E-state index in [1.807, 2.05) is 26.0 Å². The maximum atomic E-state index is 5.36. The average Bonchev–Trinajstić information content (AvgIpc) is 1.94. The van der Waals surface area contributed by atoms with Gasteiger partial charge in [-0.25, -0.2) is 0 Å². The highest BCUT2D eigenvalue weighted by molar-refractivity contribution is 5.18. The quantitative estimate of drug-likeness (QED) is 0.593. The van der Waals surface area contributed by atoms with Gasteiger partial charge in [0.2, 0.25) is 0 Å². The van der Waals surface area contributed by atoms with Gasteiger partial charge < -0.3 is 10.1 Å². The first-order valence-corrected chi connectivity index (χ1v) is 3.55. The zero-order valence-corrected chi connectivity index (χ0v) is 6.48. The average molecular weight is 139 g/mol. The second-order valence-corrected chi connectivity index (χ2v) is 2.26. The summed E-state index contributed by atoms with van der Waals surface area (Å²) in [5, 5.41) is 3.22. The molecule has 0 atom stereocenters. The summed E-state index contributed by atoms with van der Waals surface area (Å²) in [6.07, 6.45) is 3.95. The van der Waals surface area contributed by atoms with Crippen LogP contribution in [0.15, 0.2) is 23.6 Å². The molecule has 1 N–H and O–H groups in total. The minimum atomic E-state index is 0.775. The van der Waals surface area contributed by atoms with Crippen molar-refractivity contribution in [1.29, 1.82) is 0 Å². The lowest BCUT2D eigenvalue weighted by Gasteiger charge is -2.18. The third-order valence-electron chi connectivity index (χ3n) is 1.44. The van der Waals surface area contributed by atoms with Crippen molar-refractivity contribution in [3.63, 3.8) is 0 Å². The molecule has 1 aliphatic heterocycles. The van der Waals surface area contributed by atoms with Crippen LogP contribution in [0, 0.1) is 0 Å². The Morgan fingerprint density at radius 1 is 1.60 bits per heavy atom. The van der Waals surface area contributed by atoms with Crippen LogP contribution in [-0.4, -0.2) is 13.2 Å². The van der Waals surface area contributed by atoms with E-state index in [0.717, 1.165) is 24.6 Å². The molecule has 0 amide bonds. The Morgan fingerprint density at radius 3 is 3.00 bits per heavy atom. The maximum absolute atomic E-state index is 5.36. The smallest absolute Gasteiger partial charge is 0.137 e. The molecule has 1 rings (SSSR count). The Balaban J connectivity index is 2.68. The van der Waals surface area contributed by atoms with E-state index in [9.17, 15) is 0 Å². The molecule has 0 spiro atoms. The lowest BCUT2D eigenvalue weighted by Crippen LogP contribution is -2.24. The van der Waals surface area contributed by atoms with Crippen LogP contribution in [0.1, 0.15) is 13.8 Å². The van der Waals surface area contributed by atoms with E-state index in [0.29, 0.717) is 0 Å². The van der Waals surface area contributed by atoms with Crippen LogP contribution in [-0.2, 0) is 4.74 Å². The first-order valence-electron chi connectivity index (χ1n) is 3.55. The van der Waals surface area contributed by atoms with Gasteiger partial charge in [0.25, 0.3) is 0 Å². The zero-order valence-electron chi connectivity index (χ0n) is 6.48. The zero-order chi connectivity index (χ0) is 7.40. The van der Waals surface area contributed by atoms with Crippen LogP contribution in [0.3, 0.4) is 0 Å². The van der Waals surface area contributed by atoms with Gasteiger partial charge in [-0.1, -0.05) is 6.08 Å². The molecule has 1 aliphatic rings. The van der Waals surface area contributed by atoms with Gasteiger partial charge in [0.1, 0.15) is 12.4 Å². The number of hydrogen-bond acceptors (Lipinski definition) is 2. The van der Waals surface area contributed by atoms with Crippen molar-refractivity contribution >= 4 is 0 Å². The fourth-order valence-corrected chi connectivity index (χ4v) is 0.919. The summed E-state index contributed by atoms with van der Waals surface area (Å²) < 4.78 is 5.36. The molecule has 0 saturated carbocycles. The van der Waals surface area contributed by atoms with Gasteiger partial charge in [-0.3, -0.25) is 0 Å². The van der Waals surface area contributed by atoms with E-state index in [-0.39, 0.29) is 0 Å². The maximum Gasteiger partial charge on any atom is 0.137 e. The molecule has 2 heteroatoms. The van der Waals surface area contributed by atoms with Crippen molar-refractivity contribution in [2.45, 2.75) is 13.8 Å². The lowest BCUT2D eigenvalue weighted by molar-refractivity contribution is 0.204. The molecule has 0 aromatic heterocycles. The highest BCUT2D eigenvalue weighted by Crippen LogP contribution is 2.08. The van der Waals surface area contributed by atoms with Gasteiger partial charge >= 0.3 is 0 Å². The molecule has 56 valence electrons. The monoisotopic (exact) mass is 139 g/mol. The minimum Gasteiger partial charge on any atom is -0.490 e. The molecule has 0 aliphatic carbocycles. The second kappa shape index (κ2) is 3.30.